The van der Waals surface area contributed by atoms with E-state index in [4.69, 9.17) is 0 Å². The molecule has 12 heavy (non-hydrogen) atoms. The fourth-order valence-electron chi connectivity index (χ4n) is 0.949. The van der Waals surface area contributed by atoms with Gasteiger partial charge in [0, 0.05) is 9.13 Å². The van der Waals surface area contributed by atoms with E-state index in [1.165, 1.54) is 0 Å². The van der Waals surface area contributed by atoms with Gasteiger partial charge in [-0.25, -0.2) is 0 Å². The van der Waals surface area contributed by atoms with Gasteiger partial charge in [-0.15, -0.1) is 4.91 Å². The normalized spacial score (nSPS) is 12.6. The average Bonchev–Trinajstić information content (AvgIpc) is 2.03. The molecule has 0 aromatic heterocycles. The number of nitroso groups, excluding NO2 is 1. The first kappa shape index (κ1) is 9.60. The van der Waals surface area contributed by atoms with Crippen LogP contribution >= 0.6 is 22.6 Å². The summed E-state index contributed by atoms with van der Waals surface area (Å²) in [4.78, 5) is 10.3. The molecule has 1 atom stereocenters. The summed E-state index contributed by atoms with van der Waals surface area (Å²) in [5.74, 6) is 0. The Morgan fingerprint density at radius 3 is 2.75 bits per heavy atom. The Morgan fingerprint density at radius 1 is 1.58 bits per heavy atom. The third-order valence-electron chi connectivity index (χ3n) is 1.54. The molecular weight excluding hydrogens is 269 g/mol. The van der Waals surface area contributed by atoms with Crippen molar-refractivity contribution in [2.75, 3.05) is 0 Å². The quantitative estimate of drug-likeness (QED) is 0.667. The maximum Gasteiger partial charge on any atom is 0.114 e. The lowest BCUT2D eigenvalue weighted by Crippen LogP contribution is -1.91. The molecule has 0 radical (unpaired) electrons. The topological polar surface area (TPSA) is 49.7 Å². The molecule has 1 aromatic carbocycles. The van der Waals surface area contributed by atoms with Gasteiger partial charge in [0.15, 0.2) is 0 Å². The second-order valence-corrected chi connectivity index (χ2v) is 3.72. The van der Waals surface area contributed by atoms with E-state index in [9.17, 15) is 10.0 Å². The minimum atomic E-state index is -0.644. The molecule has 0 heterocycles. The van der Waals surface area contributed by atoms with Crippen LogP contribution in [0, 0.1) is 8.48 Å². The molecule has 0 saturated carbocycles. The zero-order valence-electron chi connectivity index (χ0n) is 6.49. The molecule has 0 aliphatic rings. The standard InChI is InChI=1S/C8H8INO2/c1-5(11)7-3-2-6(9)4-8(7)10-12/h2-5,11H,1H3. The van der Waals surface area contributed by atoms with Gasteiger partial charge in [0.2, 0.25) is 0 Å². The van der Waals surface area contributed by atoms with Gasteiger partial charge in [0.1, 0.15) is 5.69 Å². The van der Waals surface area contributed by atoms with Crippen LogP contribution in [0.2, 0.25) is 0 Å². The summed E-state index contributed by atoms with van der Waals surface area (Å²) in [6.45, 7) is 1.61. The lowest BCUT2D eigenvalue weighted by molar-refractivity contribution is 0.200. The van der Waals surface area contributed by atoms with E-state index in [0.717, 1.165) is 3.57 Å². The van der Waals surface area contributed by atoms with Crippen molar-refractivity contribution in [3.05, 3.63) is 32.2 Å². The molecular formula is C8H8INO2. The summed E-state index contributed by atoms with van der Waals surface area (Å²) in [5, 5.41) is 12.1. The van der Waals surface area contributed by atoms with Gasteiger partial charge in [-0.1, -0.05) is 6.07 Å². The van der Waals surface area contributed by atoms with Gasteiger partial charge in [-0.3, -0.25) is 0 Å². The highest BCUT2D eigenvalue weighted by Gasteiger charge is 2.07. The van der Waals surface area contributed by atoms with Crippen LogP contribution in [0.15, 0.2) is 23.4 Å². The first-order chi connectivity index (χ1) is 5.65. The summed E-state index contributed by atoms with van der Waals surface area (Å²) >= 11 is 2.09. The van der Waals surface area contributed by atoms with Crippen LogP contribution < -0.4 is 0 Å². The predicted molar refractivity (Wildman–Crippen MR) is 55.2 cm³/mol. The Labute approximate surface area is 83.9 Å². The average molecular weight is 277 g/mol. The number of benzene rings is 1. The molecule has 1 aromatic rings. The van der Waals surface area contributed by atoms with Gasteiger partial charge in [-0.2, -0.15) is 0 Å². The molecule has 0 spiro atoms. The zero-order valence-corrected chi connectivity index (χ0v) is 8.65. The monoisotopic (exact) mass is 277 g/mol. The van der Waals surface area contributed by atoms with Gasteiger partial charge >= 0.3 is 0 Å². The number of aliphatic hydroxyl groups excluding tert-OH is 1. The molecule has 0 aliphatic heterocycles. The Balaban J connectivity index is 3.20. The van der Waals surface area contributed by atoms with Gasteiger partial charge in [0.05, 0.1) is 6.10 Å². The van der Waals surface area contributed by atoms with Crippen LogP contribution in [0.25, 0.3) is 0 Å². The van der Waals surface area contributed by atoms with Crippen molar-refractivity contribution in [3.8, 4) is 0 Å². The van der Waals surface area contributed by atoms with Crippen molar-refractivity contribution in [3.63, 3.8) is 0 Å². The fourth-order valence-corrected chi connectivity index (χ4v) is 1.42. The number of hydrogen-bond donors (Lipinski definition) is 1. The molecule has 3 nitrogen and oxygen atoms in total. The first-order valence-corrected chi connectivity index (χ1v) is 4.54. The molecule has 0 aliphatic carbocycles. The highest BCUT2D eigenvalue weighted by molar-refractivity contribution is 14.1. The molecule has 64 valence electrons. The van der Waals surface area contributed by atoms with E-state index in [1.807, 2.05) is 6.07 Å². The van der Waals surface area contributed by atoms with E-state index in [1.54, 1.807) is 19.1 Å². The van der Waals surface area contributed by atoms with Crippen LogP contribution in [0.5, 0.6) is 0 Å². The minimum Gasteiger partial charge on any atom is -0.389 e. The van der Waals surface area contributed by atoms with Crippen LogP contribution in [0.3, 0.4) is 0 Å². The van der Waals surface area contributed by atoms with Crippen LogP contribution in [-0.4, -0.2) is 5.11 Å². The van der Waals surface area contributed by atoms with Crippen molar-refractivity contribution < 1.29 is 5.11 Å². The number of halogens is 1. The molecule has 1 rings (SSSR count). The third-order valence-corrected chi connectivity index (χ3v) is 2.21. The molecule has 0 saturated heterocycles. The fraction of sp³-hybridized carbons (Fsp3) is 0.250. The summed E-state index contributed by atoms with van der Waals surface area (Å²) in [7, 11) is 0. The minimum absolute atomic E-state index is 0.317. The Kier molecular flexibility index (Phi) is 3.16. The maximum absolute atomic E-state index is 10.3. The van der Waals surface area contributed by atoms with E-state index in [2.05, 4.69) is 27.8 Å². The molecule has 1 unspecified atom stereocenters. The van der Waals surface area contributed by atoms with Gasteiger partial charge in [-0.05, 0) is 46.8 Å². The van der Waals surface area contributed by atoms with Crippen LogP contribution in [0.4, 0.5) is 5.69 Å². The van der Waals surface area contributed by atoms with E-state index < -0.39 is 6.10 Å². The molecule has 1 N–H and O–H groups in total. The second-order valence-electron chi connectivity index (χ2n) is 2.47. The van der Waals surface area contributed by atoms with Crippen molar-refractivity contribution in [1.29, 1.82) is 0 Å². The highest BCUT2D eigenvalue weighted by atomic mass is 127. The van der Waals surface area contributed by atoms with E-state index in [-0.39, 0.29) is 0 Å². The summed E-state index contributed by atoms with van der Waals surface area (Å²) < 4.78 is 0.937. The van der Waals surface area contributed by atoms with Gasteiger partial charge < -0.3 is 5.11 Å². The summed E-state index contributed by atoms with van der Waals surface area (Å²) in [6.07, 6.45) is -0.644. The predicted octanol–water partition coefficient (Wildman–Crippen LogP) is 2.74. The molecule has 4 heteroatoms. The van der Waals surface area contributed by atoms with Crippen LogP contribution in [0.1, 0.15) is 18.6 Å². The van der Waals surface area contributed by atoms with Crippen molar-refractivity contribution >= 4 is 28.3 Å². The largest absolute Gasteiger partial charge is 0.389 e. The van der Waals surface area contributed by atoms with Crippen molar-refractivity contribution in [1.82, 2.24) is 0 Å². The second kappa shape index (κ2) is 3.95. The number of aliphatic hydroxyl groups is 1. The Hall–Kier alpha value is -0.490. The SMILES string of the molecule is CC(O)c1ccc(I)cc1N=O. The Morgan fingerprint density at radius 2 is 2.25 bits per heavy atom. The van der Waals surface area contributed by atoms with Crippen molar-refractivity contribution in [2.24, 2.45) is 5.18 Å². The van der Waals surface area contributed by atoms with Crippen molar-refractivity contribution in [2.45, 2.75) is 13.0 Å². The highest BCUT2D eigenvalue weighted by Crippen LogP contribution is 2.26. The lowest BCUT2D eigenvalue weighted by atomic mass is 10.1. The van der Waals surface area contributed by atoms with Gasteiger partial charge in [0.25, 0.3) is 0 Å². The maximum atomic E-state index is 10.3. The lowest BCUT2D eigenvalue weighted by Gasteiger charge is -2.05. The number of hydrogen-bond acceptors (Lipinski definition) is 3. The van der Waals surface area contributed by atoms with Crippen LogP contribution in [-0.2, 0) is 0 Å². The number of nitrogens with zero attached hydrogens (tertiary/aromatic N) is 1. The molecule has 0 bridgehead atoms. The summed E-state index contributed by atoms with van der Waals surface area (Å²) in [5.41, 5.74) is 0.891. The molecule has 0 fully saturated rings. The third kappa shape index (κ3) is 2.01. The smallest absolute Gasteiger partial charge is 0.114 e. The number of rotatable bonds is 2. The summed E-state index contributed by atoms with van der Waals surface area (Å²) in [6, 6.07) is 5.19. The zero-order chi connectivity index (χ0) is 9.14. The van der Waals surface area contributed by atoms with E-state index >= 15 is 0 Å². The first-order valence-electron chi connectivity index (χ1n) is 3.46. The Bertz CT molecular complexity index is 299. The molecule has 0 amide bonds. The van der Waals surface area contributed by atoms with E-state index in [0.29, 0.717) is 11.3 Å².